The van der Waals surface area contributed by atoms with Crippen molar-refractivity contribution < 1.29 is 32.4 Å². The van der Waals surface area contributed by atoms with Crippen LogP contribution in [0.1, 0.15) is 12.5 Å². The average molecular weight is 348 g/mol. The summed E-state index contributed by atoms with van der Waals surface area (Å²) in [6.45, 7) is 1.41. The lowest BCUT2D eigenvalue weighted by atomic mass is 10.0. The van der Waals surface area contributed by atoms with Crippen molar-refractivity contribution in [2.24, 2.45) is 0 Å². The van der Waals surface area contributed by atoms with E-state index in [1.807, 2.05) is 0 Å². The van der Waals surface area contributed by atoms with Crippen molar-refractivity contribution in [2.75, 3.05) is 13.7 Å². The van der Waals surface area contributed by atoms with E-state index in [4.69, 9.17) is 4.74 Å². The number of halogens is 3. The van der Waals surface area contributed by atoms with Crippen LogP contribution in [0, 0.1) is 10.1 Å². The molecule has 0 aliphatic rings. The number of esters is 1. The molecule has 0 aromatic heterocycles. The van der Waals surface area contributed by atoms with Gasteiger partial charge >= 0.3 is 18.1 Å². The highest BCUT2D eigenvalue weighted by molar-refractivity contribution is 5.87. The minimum absolute atomic E-state index is 0.0658. The van der Waals surface area contributed by atoms with Crippen molar-refractivity contribution in [1.29, 1.82) is 0 Å². The average Bonchev–Trinajstić information content (AvgIpc) is 2.50. The normalized spacial score (nSPS) is 12.4. The van der Waals surface area contributed by atoms with E-state index in [2.05, 4.69) is 0 Å². The number of carbonyl (C=O) groups is 2. The maximum atomic E-state index is 12.6. The third-order valence-electron chi connectivity index (χ3n) is 3.17. The summed E-state index contributed by atoms with van der Waals surface area (Å²) in [7, 11) is 0.850. The first kappa shape index (κ1) is 19.4. The number of nitro benzene ring substituents is 1. The van der Waals surface area contributed by atoms with Crippen LogP contribution in [0.5, 0.6) is 0 Å². The third kappa shape index (κ3) is 4.93. The standard InChI is InChI=1S/C14H15F3N2O5/c1-3-24-12(20)11(18(2)13(21)14(15,16)17)8-9-4-6-10(7-5-9)19(22)23/h4-7,11H,3,8H2,1-2H3. The number of hydrogen-bond acceptors (Lipinski definition) is 5. The zero-order chi connectivity index (χ0) is 18.5. The van der Waals surface area contributed by atoms with Gasteiger partial charge in [-0.15, -0.1) is 0 Å². The molecule has 1 aromatic carbocycles. The lowest BCUT2D eigenvalue weighted by Gasteiger charge is -2.27. The van der Waals surface area contributed by atoms with Crippen LogP contribution >= 0.6 is 0 Å². The van der Waals surface area contributed by atoms with E-state index in [1.54, 1.807) is 0 Å². The van der Waals surface area contributed by atoms with Gasteiger partial charge in [0.15, 0.2) is 0 Å². The number of alkyl halides is 3. The van der Waals surface area contributed by atoms with Gasteiger partial charge in [-0.2, -0.15) is 13.2 Å². The second-order valence-electron chi connectivity index (χ2n) is 4.81. The quantitative estimate of drug-likeness (QED) is 0.446. The molecule has 1 rings (SSSR count). The molecule has 1 atom stereocenters. The van der Waals surface area contributed by atoms with Crippen molar-refractivity contribution in [3.63, 3.8) is 0 Å². The number of ether oxygens (including phenoxy) is 1. The molecular formula is C14H15F3N2O5. The molecular weight excluding hydrogens is 333 g/mol. The molecule has 132 valence electrons. The number of carbonyl (C=O) groups excluding carboxylic acids is 2. The van der Waals surface area contributed by atoms with Crippen LogP contribution < -0.4 is 0 Å². The largest absolute Gasteiger partial charge is 0.471 e. The van der Waals surface area contributed by atoms with E-state index in [0.717, 1.165) is 19.2 Å². The summed E-state index contributed by atoms with van der Waals surface area (Å²) in [5.41, 5.74) is 0.145. The molecule has 0 fully saturated rings. The summed E-state index contributed by atoms with van der Waals surface area (Å²) in [6.07, 6.45) is -5.40. The van der Waals surface area contributed by atoms with E-state index in [1.165, 1.54) is 19.1 Å². The monoisotopic (exact) mass is 348 g/mol. The molecule has 1 unspecified atom stereocenters. The number of rotatable bonds is 6. The first-order chi connectivity index (χ1) is 11.1. The topological polar surface area (TPSA) is 89.8 Å². The van der Waals surface area contributed by atoms with Crippen molar-refractivity contribution in [2.45, 2.75) is 25.6 Å². The molecule has 1 amide bonds. The zero-order valence-corrected chi connectivity index (χ0v) is 12.9. The number of benzene rings is 1. The maximum Gasteiger partial charge on any atom is 0.471 e. The molecule has 0 radical (unpaired) electrons. The first-order valence-corrected chi connectivity index (χ1v) is 6.81. The van der Waals surface area contributed by atoms with Gasteiger partial charge in [0.2, 0.25) is 0 Å². The molecule has 0 N–H and O–H groups in total. The van der Waals surface area contributed by atoms with Crippen molar-refractivity contribution in [3.8, 4) is 0 Å². The van der Waals surface area contributed by atoms with E-state index in [9.17, 15) is 32.9 Å². The Bertz CT molecular complexity index is 616. The summed E-state index contributed by atoms with van der Waals surface area (Å²) in [6, 6.07) is 3.42. The Labute approximate surface area is 135 Å². The van der Waals surface area contributed by atoms with Gasteiger partial charge in [0.05, 0.1) is 11.5 Å². The van der Waals surface area contributed by atoms with Crippen LogP contribution in [-0.4, -0.2) is 47.6 Å². The van der Waals surface area contributed by atoms with Gasteiger partial charge in [0, 0.05) is 25.6 Å². The molecule has 0 aliphatic heterocycles. The predicted octanol–water partition coefficient (Wildman–Crippen LogP) is 2.09. The number of nitrogens with zero attached hydrogens (tertiary/aromatic N) is 2. The van der Waals surface area contributed by atoms with Crippen LogP contribution in [0.2, 0.25) is 0 Å². The van der Waals surface area contributed by atoms with Crippen LogP contribution in [0.4, 0.5) is 18.9 Å². The number of amides is 1. The first-order valence-electron chi connectivity index (χ1n) is 6.81. The van der Waals surface area contributed by atoms with Gasteiger partial charge in [-0.25, -0.2) is 4.79 Å². The number of non-ortho nitro benzene ring substituents is 1. The molecule has 7 nitrogen and oxygen atoms in total. The summed E-state index contributed by atoms with van der Waals surface area (Å²) >= 11 is 0. The third-order valence-corrected chi connectivity index (χ3v) is 3.17. The molecule has 0 saturated carbocycles. The Morgan fingerprint density at radius 2 is 1.83 bits per heavy atom. The number of nitro groups is 1. The second kappa shape index (κ2) is 7.75. The number of likely N-dealkylation sites (N-methyl/N-ethyl adjacent to an activating group) is 1. The molecule has 0 bridgehead atoms. The smallest absolute Gasteiger partial charge is 0.464 e. The Balaban J connectivity index is 3.04. The van der Waals surface area contributed by atoms with Gasteiger partial charge in [0.25, 0.3) is 5.69 Å². The summed E-state index contributed by atoms with van der Waals surface area (Å²) < 4.78 is 42.4. The highest BCUT2D eigenvalue weighted by Crippen LogP contribution is 2.21. The lowest BCUT2D eigenvalue weighted by molar-refractivity contribution is -0.384. The molecule has 0 aliphatic carbocycles. The Morgan fingerprint density at radius 1 is 1.29 bits per heavy atom. The van der Waals surface area contributed by atoms with E-state index >= 15 is 0 Å². The SMILES string of the molecule is CCOC(=O)C(Cc1ccc([N+](=O)[O-])cc1)N(C)C(=O)C(F)(F)F. The van der Waals surface area contributed by atoms with Gasteiger partial charge in [0.1, 0.15) is 6.04 Å². The Kier molecular flexibility index (Phi) is 6.27. The molecule has 0 spiro atoms. The van der Waals surface area contributed by atoms with Crippen molar-refractivity contribution >= 4 is 17.6 Å². The van der Waals surface area contributed by atoms with Gasteiger partial charge in [-0.3, -0.25) is 14.9 Å². The number of hydrogen-bond donors (Lipinski definition) is 0. The summed E-state index contributed by atoms with van der Waals surface area (Å²) in [4.78, 5) is 33.5. The minimum atomic E-state index is -5.13. The Morgan fingerprint density at radius 3 is 2.25 bits per heavy atom. The highest BCUT2D eigenvalue weighted by Gasteiger charge is 2.44. The Hall–Kier alpha value is -2.65. The molecule has 0 heterocycles. The van der Waals surface area contributed by atoms with Gasteiger partial charge in [-0.1, -0.05) is 12.1 Å². The van der Waals surface area contributed by atoms with Crippen LogP contribution in [0.15, 0.2) is 24.3 Å². The lowest BCUT2D eigenvalue weighted by Crippen LogP contribution is -2.49. The van der Waals surface area contributed by atoms with Gasteiger partial charge in [-0.05, 0) is 12.5 Å². The van der Waals surface area contributed by atoms with Crippen LogP contribution in [0.25, 0.3) is 0 Å². The molecule has 24 heavy (non-hydrogen) atoms. The summed E-state index contributed by atoms with van der Waals surface area (Å²) in [5.74, 6) is -3.17. The zero-order valence-electron chi connectivity index (χ0n) is 12.9. The minimum Gasteiger partial charge on any atom is -0.464 e. The second-order valence-corrected chi connectivity index (χ2v) is 4.81. The predicted molar refractivity (Wildman–Crippen MR) is 76.0 cm³/mol. The van der Waals surface area contributed by atoms with Crippen molar-refractivity contribution in [3.05, 3.63) is 39.9 Å². The fraction of sp³-hybridized carbons (Fsp3) is 0.429. The molecule has 10 heteroatoms. The fourth-order valence-corrected chi connectivity index (χ4v) is 1.94. The maximum absolute atomic E-state index is 12.6. The van der Waals surface area contributed by atoms with E-state index < -0.39 is 29.0 Å². The summed E-state index contributed by atoms with van der Waals surface area (Å²) in [5, 5.41) is 10.6. The van der Waals surface area contributed by atoms with E-state index in [0.29, 0.717) is 5.56 Å². The fourth-order valence-electron chi connectivity index (χ4n) is 1.94. The van der Waals surface area contributed by atoms with Crippen LogP contribution in [-0.2, 0) is 20.7 Å². The molecule has 1 aromatic rings. The van der Waals surface area contributed by atoms with Crippen molar-refractivity contribution in [1.82, 2.24) is 4.90 Å². The van der Waals surface area contributed by atoms with Gasteiger partial charge < -0.3 is 9.64 Å². The molecule has 0 saturated heterocycles. The van der Waals surface area contributed by atoms with E-state index in [-0.39, 0.29) is 23.6 Å². The van der Waals surface area contributed by atoms with Crippen LogP contribution in [0.3, 0.4) is 0 Å². The highest BCUT2D eigenvalue weighted by atomic mass is 19.4.